The van der Waals surface area contributed by atoms with E-state index >= 15 is 0 Å². The van der Waals surface area contributed by atoms with Crippen molar-refractivity contribution in [1.82, 2.24) is 5.32 Å². The fourth-order valence-corrected chi connectivity index (χ4v) is 2.95. The smallest absolute Gasteiger partial charge is 0.491 e. The Morgan fingerprint density at radius 1 is 1.50 bits per heavy atom. The molecule has 20 heavy (non-hydrogen) atoms. The number of carbonyl (C=O) groups is 2. The van der Waals surface area contributed by atoms with Crippen molar-refractivity contribution in [1.29, 1.82) is 0 Å². The quantitative estimate of drug-likeness (QED) is 0.762. The van der Waals surface area contributed by atoms with Crippen molar-refractivity contribution >= 4 is 35.5 Å². The summed E-state index contributed by atoms with van der Waals surface area (Å²) < 4.78 is 10.6. The lowest BCUT2D eigenvalue weighted by Gasteiger charge is -2.09. The maximum Gasteiger partial charge on any atom is 0.491 e. The molecule has 0 bridgehead atoms. The van der Waals surface area contributed by atoms with Crippen molar-refractivity contribution in [2.45, 2.75) is 18.3 Å². The molecule has 2 N–H and O–H groups in total. The topological polar surface area (TPSA) is 84.9 Å². The van der Waals surface area contributed by atoms with Gasteiger partial charge in [-0.25, -0.2) is 0 Å². The van der Waals surface area contributed by atoms with Gasteiger partial charge in [0.2, 0.25) is 5.91 Å². The van der Waals surface area contributed by atoms with Crippen molar-refractivity contribution in [2.75, 3.05) is 6.61 Å². The number of imide groups is 1. The van der Waals surface area contributed by atoms with Crippen LogP contribution >= 0.6 is 11.8 Å². The van der Waals surface area contributed by atoms with E-state index in [9.17, 15) is 14.6 Å². The molecule has 1 aromatic carbocycles. The summed E-state index contributed by atoms with van der Waals surface area (Å²) in [5.74, 6) is 0.351. The van der Waals surface area contributed by atoms with Gasteiger partial charge in [0.05, 0.1) is 18.5 Å². The van der Waals surface area contributed by atoms with Gasteiger partial charge in [0.25, 0.3) is 5.24 Å². The Hall–Kier alpha value is -1.51. The second-order valence-corrected chi connectivity index (χ2v) is 5.72. The molecule has 1 atom stereocenters. The molecule has 1 unspecified atom stereocenters. The van der Waals surface area contributed by atoms with E-state index < -0.39 is 7.12 Å². The number of hydrogen-bond acceptors (Lipinski definition) is 6. The summed E-state index contributed by atoms with van der Waals surface area (Å²) in [6.45, 7) is 0.728. The van der Waals surface area contributed by atoms with Gasteiger partial charge < -0.3 is 14.4 Å². The molecular formula is C12H12BNO5S. The molecule has 1 fully saturated rings. The minimum Gasteiger partial charge on any atom is -0.494 e. The zero-order valence-corrected chi connectivity index (χ0v) is 11.3. The molecule has 8 heteroatoms. The number of amides is 2. The third kappa shape index (κ3) is 2.67. The van der Waals surface area contributed by atoms with Crippen LogP contribution in [0.25, 0.3) is 0 Å². The zero-order chi connectivity index (χ0) is 14.1. The molecule has 104 valence electrons. The maximum absolute atomic E-state index is 11.4. The van der Waals surface area contributed by atoms with Crippen molar-refractivity contribution in [2.24, 2.45) is 0 Å². The Balaban J connectivity index is 1.55. The van der Waals surface area contributed by atoms with Gasteiger partial charge in [-0.1, -0.05) is 17.8 Å². The summed E-state index contributed by atoms with van der Waals surface area (Å²) >= 11 is 0.990. The van der Waals surface area contributed by atoms with Crippen LogP contribution in [0.2, 0.25) is 0 Å². The Morgan fingerprint density at radius 2 is 2.35 bits per heavy atom. The Labute approximate surface area is 120 Å². The summed E-state index contributed by atoms with van der Waals surface area (Å²) in [6, 6.07) is 5.38. The normalized spacial score (nSPS) is 21.1. The van der Waals surface area contributed by atoms with Gasteiger partial charge in [0.15, 0.2) is 0 Å². The molecule has 2 aliphatic heterocycles. The Kier molecular flexibility index (Phi) is 3.69. The first-order valence-electron chi connectivity index (χ1n) is 6.20. The second kappa shape index (κ2) is 5.47. The lowest BCUT2D eigenvalue weighted by Crippen LogP contribution is -2.28. The zero-order valence-electron chi connectivity index (χ0n) is 10.5. The van der Waals surface area contributed by atoms with Crippen LogP contribution in [0.15, 0.2) is 18.2 Å². The number of benzene rings is 1. The van der Waals surface area contributed by atoms with Crippen LogP contribution < -0.4 is 15.5 Å². The van der Waals surface area contributed by atoms with Crippen molar-refractivity contribution in [3.8, 4) is 5.75 Å². The molecule has 2 amide bonds. The largest absolute Gasteiger partial charge is 0.494 e. The summed E-state index contributed by atoms with van der Waals surface area (Å²) in [5, 5.41) is 11.1. The van der Waals surface area contributed by atoms with E-state index in [1.165, 1.54) is 0 Å². The molecule has 2 heterocycles. The second-order valence-electron chi connectivity index (χ2n) is 4.54. The highest BCUT2D eigenvalue weighted by atomic mass is 32.2. The highest BCUT2D eigenvalue weighted by Crippen LogP contribution is 2.22. The van der Waals surface area contributed by atoms with Gasteiger partial charge in [-0.15, -0.1) is 0 Å². The number of nitrogens with one attached hydrogen (secondary N) is 1. The molecule has 1 aromatic rings. The van der Waals surface area contributed by atoms with Gasteiger partial charge >= 0.3 is 7.12 Å². The van der Waals surface area contributed by atoms with Crippen LogP contribution in [0.4, 0.5) is 4.79 Å². The van der Waals surface area contributed by atoms with E-state index in [1.807, 2.05) is 6.07 Å². The molecule has 0 saturated carbocycles. The number of thioether (sulfide) groups is 1. The predicted octanol–water partition coefficient (Wildman–Crippen LogP) is 0.0248. The van der Waals surface area contributed by atoms with E-state index in [4.69, 9.17) is 9.39 Å². The molecule has 0 radical (unpaired) electrons. The first kappa shape index (κ1) is 13.5. The molecule has 0 aromatic heterocycles. The van der Waals surface area contributed by atoms with Gasteiger partial charge in [0.1, 0.15) is 5.75 Å². The average Bonchev–Trinajstić information content (AvgIpc) is 2.94. The fourth-order valence-electron chi connectivity index (χ4n) is 2.15. The summed E-state index contributed by atoms with van der Waals surface area (Å²) in [5.41, 5.74) is 1.66. The van der Waals surface area contributed by atoms with Crippen LogP contribution in [-0.4, -0.2) is 35.1 Å². The van der Waals surface area contributed by atoms with Crippen molar-refractivity contribution in [3.05, 3.63) is 23.8 Å². The minimum atomic E-state index is -0.901. The van der Waals surface area contributed by atoms with Crippen LogP contribution in [0.1, 0.15) is 12.0 Å². The molecule has 2 aliphatic rings. The standard InChI is InChI=1S/C12H12BNO5S/c15-11-10(20-12(16)14-11)3-4-18-8-2-1-7-6-19-13(17)9(7)5-8/h1-2,5,10,17H,3-4,6H2,(H,14,15,16). The summed E-state index contributed by atoms with van der Waals surface area (Å²) in [6.07, 6.45) is 0.457. The van der Waals surface area contributed by atoms with E-state index in [2.05, 4.69) is 5.32 Å². The van der Waals surface area contributed by atoms with Gasteiger partial charge in [0, 0.05) is 6.42 Å². The van der Waals surface area contributed by atoms with Gasteiger partial charge in [-0.05, 0) is 23.2 Å². The van der Waals surface area contributed by atoms with E-state index in [-0.39, 0.29) is 16.4 Å². The van der Waals surface area contributed by atoms with Crippen LogP contribution in [-0.2, 0) is 16.1 Å². The monoisotopic (exact) mass is 293 g/mol. The van der Waals surface area contributed by atoms with Gasteiger partial charge in [-0.3, -0.25) is 14.9 Å². The highest BCUT2D eigenvalue weighted by Gasteiger charge is 2.31. The first-order valence-corrected chi connectivity index (χ1v) is 7.08. The number of carbonyl (C=O) groups excluding carboxylic acids is 2. The van der Waals surface area contributed by atoms with Crippen LogP contribution in [0.3, 0.4) is 0 Å². The molecule has 6 nitrogen and oxygen atoms in total. The summed E-state index contributed by atoms with van der Waals surface area (Å²) in [7, 11) is -0.901. The summed E-state index contributed by atoms with van der Waals surface area (Å²) in [4.78, 5) is 22.4. The van der Waals surface area contributed by atoms with E-state index in [0.29, 0.717) is 30.8 Å². The van der Waals surface area contributed by atoms with E-state index in [1.54, 1.807) is 12.1 Å². The third-order valence-corrected chi connectivity index (χ3v) is 4.25. The molecule has 1 saturated heterocycles. The number of fused-ring (bicyclic) bond motifs is 1. The molecule has 0 spiro atoms. The SMILES string of the molecule is O=C1NC(=O)C(CCOc2ccc3c(c2)B(O)OC3)S1. The lowest BCUT2D eigenvalue weighted by atomic mass is 9.79. The average molecular weight is 293 g/mol. The Morgan fingerprint density at radius 3 is 3.10 bits per heavy atom. The fraction of sp³-hybridized carbons (Fsp3) is 0.333. The van der Waals surface area contributed by atoms with E-state index in [0.717, 1.165) is 17.3 Å². The lowest BCUT2D eigenvalue weighted by molar-refractivity contribution is -0.119. The minimum absolute atomic E-state index is 0.263. The third-order valence-electron chi connectivity index (χ3n) is 3.20. The highest BCUT2D eigenvalue weighted by molar-refractivity contribution is 8.15. The maximum atomic E-state index is 11.4. The van der Waals surface area contributed by atoms with Crippen LogP contribution in [0.5, 0.6) is 5.75 Å². The van der Waals surface area contributed by atoms with Crippen molar-refractivity contribution in [3.63, 3.8) is 0 Å². The Bertz CT molecular complexity index is 567. The number of hydrogen-bond donors (Lipinski definition) is 2. The van der Waals surface area contributed by atoms with Crippen molar-refractivity contribution < 1.29 is 24.0 Å². The molecule has 3 rings (SSSR count). The van der Waals surface area contributed by atoms with Gasteiger partial charge in [-0.2, -0.15) is 0 Å². The number of ether oxygens (including phenoxy) is 1. The predicted molar refractivity (Wildman–Crippen MR) is 73.9 cm³/mol. The molecule has 0 aliphatic carbocycles. The number of rotatable bonds is 4. The first-order chi connectivity index (χ1) is 9.63. The molecular weight excluding hydrogens is 281 g/mol. The van der Waals surface area contributed by atoms with Crippen LogP contribution in [0, 0.1) is 0 Å².